The Morgan fingerprint density at radius 2 is 2.70 bits per heavy atom. The molecule has 0 saturated carbocycles. The second-order valence-electron chi connectivity index (χ2n) is 1.97. The van der Waals surface area contributed by atoms with Crippen LogP contribution in [0.1, 0.15) is 4.88 Å². The van der Waals surface area contributed by atoms with E-state index in [1.165, 1.54) is 11.3 Å². The molecule has 0 saturated heterocycles. The molecule has 54 valence electrons. The summed E-state index contributed by atoms with van der Waals surface area (Å²) in [5.74, 6) is 0. The van der Waals surface area contributed by atoms with Crippen LogP contribution in [0, 0.1) is 0 Å². The van der Waals surface area contributed by atoms with Crippen molar-refractivity contribution in [2.24, 2.45) is 5.73 Å². The molecule has 1 heterocycles. The Labute approximate surface area is 62.9 Å². The third-order valence-electron chi connectivity index (χ3n) is 1.10. The number of carbonyl (C=O) groups excluding carboxylic acids is 1. The van der Waals surface area contributed by atoms with Gasteiger partial charge >= 0.3 is 0 Å². The lowest BCUT2D eigenvalue weighted by Gasteiger charge is -1.97. The van der Waals surface area contributed by atoms with E-state index in [1.54, 1.807) is 11.7 Å². The SMILES string of the molecule is N[C@H](C=O)Cc1cncs1. The number of aldehydes is 1. The maximum atomic E-state index is 10.1. The molecule has 0 bridgehead atoms. The molecule has 0 unspecified atom stereocenters. The maximum Gasteiger partial charge on any atom is 0.137 e. The zero-order valence-electron chi connectivity index (χ0n) is 5.36. The molecule has 0 aliphatic rings. The molecule has 0 aromatic carbocycles. The van der Waals surface area contributed by atoms with E-state index in [9.17, 15) is 4.79 Å². The molecule has 0 aliphatic heterocycles. The molecule has 0 radical (unpaired) electrons. The molecule has 1 aromatic rings. The average Bonchev–Trinajstić information content (AvgIpc) is 2.40. The number of carbonyl (C=O) groups is 1. The third-order valence-corrected chi connectivity index (χ3v) is 1.90. The van der Waals surface area contributed by atoms with Crippen molar-refractivity contribution in [3.8, 4) is 0 Å². The van der Waals surface area contributed by atoms with Crippen LogP contribution in [0.4, 0.5) is 0 Å². The lowest BCUT2D eigenvalue weighted by atomic mass is 10.2. The molecule has 2 N–H and O–H groups in total. The molecular formula is C6H8N2OS. The Morgan fingerprint density at radius 3 is 3.20 bits per heavy atom. The summed E-state index contributed by atoms with van der Waals surface area (Å²) in [4.78, 5) is 15.0. The van der Waals surface area contributed by atoms with Crippen molar-refractivity contribution in [1.82, 2.24) is 4.98 Å². The summed E-state index contributed by atoms with van der Waals surface area (Å²) < 4.78 is 0. The number of rotatable bonds is 3. The van der Waals surface area contributed by atoms with Crippen LogP contribution < -0.4 is 5.73 Å². The molecule has 1 atom stereocenters. The first-order valence-corrected chi connectivity index (χ1v) is 3.79. The van der Waals surface area contributed by atoms with E-state index in [0.29, 0.717) is 6.42 Å². The highest BCUT2D eigenvalue weighted by Crippen LogP contribution is 2.06. The van der Waals surface area contributed by atoms with Crippen LogP contribution in [0.3, 0.4) is 0 Å². The molecule has 10 heavy (non-hydrogen) atoms. The fourth-order valence-corrected chi connectivity index (χ4v) is 1.29. The van der Waals surface area contributed by atoms with Crippen molar-refractivity contribution in [3.63, 3.8) is 0 Å². The van der Waals surface area contributed by atoms with Gasteiger partial charge in [-0.2, -0.15) is 0 Å². The van der Waals surface area contributed by atoms with Gasteiger partial charge in [-0.05, 0) is 0 Å². The number of hydrogen-bond acceptors (Lipinski definition) is 4. The quantitative estimate of drug-likeness (QED) is 0.636. The van der Waals surface area contributed by atoms with Crippen LogP contribution in [0.25, 0.3) is 0 Å². The first kappa shape index (κ1) is 7.37. The average molecular weight is 156 g/mol. The second-order valence-corrected chi connectivity index (χ2v) is 2.94. The summed E-state index contributed by atoms with van der Waals surface area (Å²) in [5, 5.41) is 0. The molecule has 1 aromatic heterocycles. The number of nitrogens with zero attached hydrogens (tertiary/aromatic N) is 1. The molecule has 0 aliphatic carbocycles. The fraction of sp³-hybridized carbons (Fsp3) is 0.333. The smallest absolute Gasteiger partial charge is 0.137 e. The van der Waals surface area contributed by atoms with Gasteiger partial charge in [0.1, 0.15) is 6.29 Å². The third kappa shape index (κ3) is 1.89. The van der Waals surface area contributed by atoms with Crippen molar-refractivity contribution < 1.29 is 4.79 Å². The van der Waals surface area contributed by atoms with E-state index in [2.05, 4.69) is 4.98 Å². The molecule has 3 nitrogen and oxygen atoms in total. The first-order chi connectivity index (χ1) is 4.83. The monoisotopic (exact) mass is 156 g/mol. The van der Waals surface area contributed by atoms with Crippen LogP contribution in [-0.2, 0) is 11.2 Å². The van der Waals surface area contributed by atoms with Gasteiger partial charge in [0.05, 0.1) is 11.6 Å². The Bertz CT molecular complexity index is 198. The lowest BCUT2D eigenvalue weighted by molar-refractivity contribution is -0.108. The predicted molar refractivity (Wildman–Crippen MR) is 39.9 cm³/mol. The summed E-state index contributed by atoms with van der Waals surface area (Å²) in [6, 6.07) is -0.375. The number of thiazole rings is 1. The highest BCUT2D eigenvalue weighted by Gasteiger charge is 2.01. The van der Waals surface area contributed by atoms with Gasteiger partial charge in [0.15, 0.2) is 0 Å². The Balaban J connectivity index is 2.47. The summed E-state index contributed by atoms with van der Waals surface area (Å²) in [7, 11) is 0. The molecule has 0 spiro atoms. The van der Waals surface area contributed by atoms with E-state index in [-0.39, 0.29) is 6.04 Å². The largest absolute Gasteiger partial charge is 0.321 e. The van der Waals surface area contributed by atoms with Crippen LogP contribution in [0.2, 0.25) is 0 Å². The van der Waals surface area contributed by atoms with Crippen LogP contribution in [0.15, 0.2) is 11.7 Å². The summed E-state index contributed by atoms with van der Waals surface area (Å²) in [6.45, 7) is 0. The van der Waals surface area contributed by atoms with Gasteiger partial charge in [-0.1, -0.05) is 0 Å². The van der Waals surface area contributed by atoms with Crippen molar-refractivity contribution in [2.75, 3.05) is 0 Å². The molecule has 0 fully saturated rings. The highest BCUT2D eigenvalue weighted by molar-refractivity contribution is 7.09. The Morgan fingerprint density at radius 1 is 1.90 bits per heavy atom. The standard InChI is InChI=1S/C6H8N2OS/c7-5(3-9)1-6-2-8-4-10-6/h2-5H,1,7H2/t5-/m0/s1. The highest BCUT2D eigenvalue weighted by atomic mass is 32.1. The van der Waals surface area contributed by atoms with Crippen molar-refractivity contribution in [1.29, 1.82) is 0 Å². The molecule has 1 rings (SSSR count). The van der Waals surface area contributed by atoms with Crippen LogP contribution >= 0.6 is 11.3 Å². The summed E-state index contributed by atoms with van der Waals surface area (Å²) in [6.07, 6.45) is 3.09. The van der Waals surface area contributed by atoms with Crippen LogP contribution in [0.5, 0.6) is 0 Å². The summed E-state index contributed by atoms with van der Waals surface area (Å²) in [5.41, 5.74) is 7.10. The van der Waals surface area contributed by atoms with E-state index in [1.807, 2.05) is 0 Å². The minimum absolute atomic E-state index is 0.375. The minimum atomic E-state index is -0.375. The van der Waals surface area contributed by atoms with Crippen molar-refractivity contribution in [2.45, 2.75) is 12.5 Å². The van der Waals surface area contributed by atoms with Crippen molar-refractivity contribution >= 4 is 17.6 Å². The Hall–Kier alpha value is -0.740. The van der Waals surface area contributed by atoms with Gasteiger partial charge in [0, 0.05) is 17.5 Å². The van der Waals surface area contributed by atoms with Gasteiger partial charge in [-0.25, -0.2) is 0 Å². The van der Waals surface area contributed by atoms with Gasteiger partial charge in [0.25, 0.3) is 0 Å². The van der Waals surface area contributed by atoms with Gasteiger partial charge in [-0.3, -0.25) is 4.98 Å². The maximum absolute atomic E-state index is 10.1. The number of hydrogen-bond donors (Lipinski definition) is 1. The lowest BCUT2D eigenvalue weighted by Crippen LogP contribution is -2.23. The number of nitrogens with two attached hydrogens (primary N) is 1. The van der Waals surface area contributed by atoms with E-state index in [0.717, 1.165) is 11.2 Å². The minimum Gasteiger partial charge on any atom is -0.321 e. The Kier molecular flexibility index (Phi) is 2.53. The van der Waals surface area contributed by atoms with Crippen LogP contribution in [-0.4, -0.2) is 17.3 Å². The zero-order valence-corrected chi connectivity index (χ0v) is 6.17. The number of aromatic nitrogens is 1. The molecular weight excluding hydrogens is 148 g/mol. The topological polar surface area (TPSA) is 56.0 Å². The molecule has 0 amide bonds. The van der Waals surface area contributed by atoms with Gasteiger partial charge in [0.2, 0.25) is 0 Å². The zero-order chi connectivity index (χ0) is 7.40. The summed E-state index contributed by atoms with van der Waals surface area (Å²) >= 11 is 1.52. The van der Waals surface area contributed by atoms with E-state index in [4.69, 9.17) is 5.73 Å². The van der Waals surface area contributed by atoms with E-state index >= 15 is 0 Å². The normalized spacial score (nSPS) is 12.9. The second kappa shape index (κ2) is 3.43. The van der Waals surface area contributed by atoms with Gasteiger partial charge < -0.3 is 10.5 Å². The molecule has 4 heteroatoms. The predicted octanol–water partition coefficient (Wildman–Crippen LogP) is 0.212. The van der Waals surface area contributed by atoms with Crippen molar-refractivity contribution in [3.05, 3.63) is 16.6 Å². The van der Waals surface area contributed by atoms with Gasteiger partial charge in [-0.15, -0.1) is 11.3 Å². The fourth-order valence-electron chi connectivity index (χ4n) is 0.623. The van der Waals surface area contributed by atoms with E-state index < -0.39 is 0 Å². The first-order valence-electron chi connectivity index (χ1n) is 2.91.